The van der Waals surface area contributed by atoms with Crippen LogP contribution in [0.1, 0.15) is 24.8 Å². The monoisotopic (exact) mass is 435 g/mol. The van der Waals surface area contributed by atoms with E-state index in [1.165, 1.54) is 11.8 Å². The van der Waals surface area contributed by atoms with Crippen molar-refractivity contribution >= 4 is 23.6 Å². The third-order valence-electron chi connectivity index (χ3n) is 5.14. The minimum absolute atomic E-state index is 0.102. The highest BCUT2D eigenvalue weighted by atomic mass is 32.2. The Morgan fingerprint density at radius 2 is 1.81 bits per heavy atom. The van der Waals surface area contributed by atoms with Gasteiger partial charge in [0.25, 0.3) is 0 Å². The molecule has 0 saturated carbocycles. The Bertz CT molecular complexity index is 1020. The average molecular weight is 436 g/mol. The number of nitrogens with zero attached hydrogens (tertiary/aromatic N) is 3. The molecular formula is C23H25N5O2S. The van der Waals surface area contributed by atoms with E-state index < -0.39 is 6.04 Å². The summed E-state index contributed by atoms with van der Waals surface area (Å²) in [7, 11) is 0. The number of carbonyl (C=O) groups excluding carboxylic acids is 2. The van der Waals surface area contributed by atoms with E-state index in [0.29, 0.717) is 24.7 Å². The van der Waals surface area contributed by atoms with Crippen LogP contribution in [0, 0.1) is 0 Å². The number of aromatic nitrogens is 3. The summed E-state index contributed by atoms with van der Waals surface area (Å²) in [5.41, 5.74) is 2.10. The van der Waals surface area contributed by atoms with Crippen molar-refractivity contribution in [2.45, 2.75) is 37.0 Å². The van der Waals surface area contributed by atoms with Gasteiger partial charge in [-0.25, -0.2) is 0 Å². The van der Waals surface area contributed by atoms with Gasteiger partial charge in [-0.15, -0.1) is 10.2 Å². The zero-order valence-electron chi connectivity index (χ0n) is 17.2. The molecule has 0 bridgehead atoms. The molecule has 4 rings (SSSR count). The van der Waals surface area contributed by atoms with Gasteiger partial charge in [0.15, 0.2) is 11.0 Å². The highest BCUT2D eigenvalue weighted by Gasteiger charge is 2.23. The van der Waals surface area contributed by atoms with Crippen LogP contribution in [0.4, 0.5) is 0 Å². The molecule has 0 spiro atoms. The average Bonchev–Trinajstić information content (AvgIpc) is 3.08. The van der Waals surface area contributed by atoms with Crippen LogP contribution in [0.5, 0.6) is 0 Å². The maximum atomic E-state index is 12.5. The predicted octanol–water partition coefficient (Wildman–Crippen LogP) is 2.87. The highest BCUT2D eigenvalue weighted by molar-refractivity contribution is 7.99. The Morgan fingerprint density at radius 1 is 1.06 bits per heavy atom. The van der Waals surface area contributed by atoms with Gasteiger partial charge >= 0.3 is 0 Å². The lowest BCUT2D eigenvalue weighted by Gasteiger charge is -2.15. The topological polar surface area (TPSA) is 88.9 Å². The van der Waals surface area contributed by atoms with Crippen LogP contribution < -0.4 is 10.6 Å². The van der Waals surface area contributed by atoms with Crippen LogP contribution in [-0.2, 0) is 16.1 Å². The molecule has 0 aliphatic carbocycles. The lowest BCUT2D eigenvalue weighted by Crippen LogP contribution is -2.46. The minimum atomic E-state index is -0.460. The third kappa shape index (κ3) is 5.52. The largest absolute Gasteiger partial charge is 0.354 e. The second-order valence-corrected chi connectivity index (χ2v) is 8.38. The molecule has 1 aliphatic heterocycles. The molecule has 160 valence electrons. The highest BCUT2D eigenvalue weighted by Crippen LogP contribution is 2.25. The summed E-state index contributed by atoms with van der Waals surface area (Å²) in [5, 5.41) is 15.1. The fraction of sp³-hybridized carbons (Fsp3) is 0.304. The Kier molecular flexibility index (Phi) is 6.99. The van der Waals surface area contributed by atoms with Crippen molar-refractivity contribution in [3.63, 3.8) is 0 Å². The third-order valence-corrected chi connectivity index (χ3v) is 6.10. The van der Waals surface area contributed by atoms with Crippen LogP contribution >= 0.6 is 11.8 Å². The molecule has 7 nitrogen and oxygen atoms in total. The summed E-state index contributed by atoms with van der Waals surface area (Å²) in [4.78, 5) is 24.6. The number of rotatable bonds is 7. The Balaban J connectivity index is 1.49. The molecular weight excluding hydrogens is 410 g/mol. The second kappa shape index (κ2) is 10.3. The van der Waals surface area contributed by atoms with Crippen molar-refractivity contribution in [3.05, 3.63) is 66.2 Å². The second-order valence-electron chi connectivity index (χ2n) is 7.44. The summed E-state index contributed by atoms with van der Waals surface area (Å²) in [6, 6.07) is 19.5. The first-order valence-electron chi connectivity index (χ1n) is 10.4. The first kappa shape index (κ1) is 21.1. The van der Waals surface area contributed by atoms with Crippen molar-refractivity contribution in [3.8, 4) is 11.4 Å². The van der Waals surface area contributed by atoms with Crippen LogP contribution in [-0.4, -0.2) is 44.9 Å². The van der Waals surface area contributed by atoms with E-state index in [9.17, 15) is 9.59 Å². The van der Waals surface area contributed by atoms with E-state index in [1.54, 1.807) is 0 Å². The van der Waals surface area contributed by atoms with Crippen molar-refractivity contribution < 1.29 is 9.59 Å². The normalized spacial score (nSPS) is 16.4. The summed E-state index contributed by atoms with van der Waals surface area (Å²) < 4.78 is 2.03. The van der Waals surface area contributed by atoms with E-state index in [2.05, 4.69) is 33.0 Å². The molecule has 1 atom stereocenters. The molecule has 2 aromatic carbocycles. The van der Waals surface area contributed by atoms with Gasteiger partial charge in [-0.2, -0.15) is 0 Å². The van der Waals surface area contributed by atoms with Gasteiger partial charge in [0.2, 0.25) is 11.8 Å². The molecule has 1 aromatic heterocycles. The first-order chi connectivity index (χ1) is 15.2. The van der Waals surface area contributed by atoms with Gasteiger partial charge in [-0.1, -0.05) is 72.4 Å². The molecule has 1 saturated heterocycles. The summed E-state index contributed by atoms with van der Waals surface area (Å²) in [6.07, 6.45) is 2.53. The quantitative estimate of drug-likeness (QED) is 0.557. The maximum Gasteiger partial charge on any atom is 0.242 e. The fourth-order valence-electron chi connectivity index (χ4n) is 3.55. The van der Waals surface area contributed by atoms with Crippen molar-refractivity contribution in [1.29, 1.82) is 0 Å². The van der Waals surface area contributed by atoms with Crippen molar-refractivity contribution in [1.82, 2.24) is 25.4 Å². The van der Waals surface area contributed by atoms with E-state index in [-0.39, 0.29) is 17.6 Å². The van der Waals surface area contributed by atoms with Gasteiger partial charge in [-0.3, -0.25) is 14.2 Å². The molecule has 1 unspecified atom stereocenters. The van der Waals surface area contributed by atoms with Gasteiger partial charge in [0.1, 0.15) is 6.04 Å². The van der Waals surface area contributed by atoms with E-state index in [0.717, 1.165) is 29.8 Å². The van der Waals surface area contributed by atoms with Crippen molar-refractivity contribution in [2.75, 3.05) is 12.3 Å². The predicted molar refractivity (Wildman–Crippen MR) is 121 cm³/mol. The Morgan fingerprint density at radius 3 is 2.58 bits per heavy atom. The number of carbonyl (C=O) groups is 2. The molecule has 31 heavy (non-hydrogen) atoms. The SMILES string of the molecule is O=C(CSc1nnc(-c2ccccc2)n1Cc1ccccc1)NC1CCCCNC1=O. The first-order valence-corrected chi connectivity index (χ1v) is 11.4. The molecule has 1 fully saturated rings. The lowest BCUT2D eigenvalue weighted by atomic mass is 10.1. The van der Waals surface area contributed by atoms with E-state index in [4.69, 9.17) is 0 Å². The molecule has 2 amide bonds. The van der Waals surface area contributed by atoms with E-state index in [1.807, 2.05) is 53.1 Å². The van der Waals surface area contributed by atoms with Gasteiger partial charge in [-0.05, 0) is 24.8 Å². The fourth-order valence-corrected chi connectivity index (χ4v) is 4.30. The summed E-state index contributed by atoms with van der Waals surface area (Å²) >= 11 is 1.33. The number of nitrogens with one attached hydrogen (secondary N) is 2. The maximum absolute atomic E-state index is 12.5. The van der Waals surface area contributed by atoms with Crippen LogP contribution in [0.25, 0.3) is 11.4 Å². The summed E-state index contributed by atoms with van der Waals surface area (Å²) in [5.74, 6) is 0.651. The number of benzene rings is 2. The molecule has 2 heterocycles. The number of hydrogen-bond donors (Lipinski definition) is 2. The van der Waals surface area contributed by atoms with Crippen molar-refractivity contribution in [2.24, 2.45) is 0 Å². The summed E-state index contributed by atoms with van der Waals surface area (Å²) in [6.45, 7) is 1.28. The van der Waals surface area contributed by atoms with Gasteiger partial charge < -0.3 is 10.6 Å². The Labute approximate surface area is 185 Å². The number of amides is 2. The molecule has 0 radical (unpaired) electrons. The van der Waals surface area contributed by atoms with E-state index >= 15 is 0 Å². The van der Waals surface area contributed by atoms with Gasteiger partial charge in [0.05, 0.1) is 12.3 Å². The van der Waals surface area contributed by atoms with Crippen LogP contribution in [0.3, 0.4) is 0 Å². The standard InChI is InChI=1S/C23H25N5O2S/c29-20(25-19-13-7-8-14-24-22(19)30)16-31-23-27-26-21(18-11-5-2-6-12-18)28(23)15-17-9-3-1-4-10-17/h1-6,9-12,19H,7-8,13-16H2,(H,24,30)(H,25,29). The van der Waals surface area contributed by atoms with Crippen LogP contribution in [0.2, 0.25) is 0 Å². The van der Waals surface area contributed by atoms with Crippen LogP contribution in [0.15, 0.2) is 65.8 Å². The van der Waals surface area contributed by atoms with Gasteiger partial charge in [0, 0.05) is 12.1 Å². The smallest absolute Gasteiger partial charge is 0.242 e. The number of thioether (sulfide) groups is 1. The Hall–Kier alpha value is -3.13. The molecule has 8 heteroatoms. The molecule has 3 aromatic rings. The number of hydrogen-bond acceptors (Lipinski definition) is 5. The molecule has 2 N–H and O–H groups in total. The molecule has 1 aliphatic rings. The zero-order chi connectivity index (χ0) is 21.5. The lowest BCUT2D eigenvalue weighted by molar-refractivity contribution is -0.127. The minimum Gasteiger partial charge on any atom is -0.354 e. The zero-order valence-corrected chi connectivity index (χ0v) is 18.0.